The van der Waals surface area contributed by atoms with Gasteiger partial charge in [-0.2, -0.15) is 0 Å². The molecule has 2 heterocycles. The van der Waals surface area contributed by atoms with Gasteiger partial charge in [-0.15, -0.1) is 0 Å². The van der Waals surface area contributed by atoms with Crippen LogP contribution in [0.1, 0.15) is 48.0 Å². The van der Waals surface area contributed by atoms with Gasteiger partial charge in [0.15, 0.2) is 0 Å². The Labute approximate surface area is 173 Å². The zero-order chi connectivity index (χ0) is 20.6. The molecule has 0 aliphatic carbocycles. The first-order chi connectivity index (χ1) is 13.8. The molecule has 1 saturated heterocycles. The van der Waals surface area contributed by atoms with Gasteiger partial charge in [-0.3, -0.25) is 9.69 Å². The van der Waals surface area contributed by atoms with Crippen LogP contribution in [0.25, 0.3) is 10.9 Å². The number of nitrogens with one attached hydrogen (secondary N) is 1. The van der Waals surface area contributed by atoms with Gasteiger partial charge in [0.25, 0.3) is 5.91 Å². The summed E-state index contributed by atoms with van der Waals surface area (Å²) >= 11 is 0. The van der Waals surface area contributed by atoms with Crippen molar-refractivity contribution in [2.24, 2.45) is 0 Å². The molecular formula is C25H31N3O. The molecule has 1 aliphatic heterocycles. The largest absolute Gasteiger partial charge is 0.351 e. The van der Waals surface area contributed by atoms with E-state index in [0.29, 0.717) is 5.69 Å². The van der Waals surface area contributed by atoms with Crippen molar-refractivity contribution >= 4 is 16.8 Å². The van der Waals surface area contributed by atoms with E-state index in [4.69, 9.17) is 0 Å². The third-order valence-electron chi connectivity index (χ3n) is 5.89. The van der Waals surface area contributed by atoms with Crippen molar-refractivity contribution in [3.05, 3.63) is 70.9 Å². The lowest BCUT2D eigenvalue weighted by atomic mass is 9.87. The van der Waals surface area contributed by atoms with Crippen molar-refractivity contribution < 1.29 is 4.79 Å². The Hall–Kier alpha value is -2.59. The van der Waals surface area contributed by atoms with E-state index in [1.165, 1.54) is 16.7 Å². The van der Waals surface area contributed by atoms with E-state index in [0.717, 1.165) is 43.6 Å². The van der Waals surface area contributed by atoms with Crippen LogP contribution in [0.15, 0.2) is 48.5 Å². The number of carbonyl (C=O) groups excluding carboxylic acids is 1. The molecule has 0 atom stereocenters. The first kappa shape index (κ1) is 19.7. The first-order valence-corrected chi connectivity index (χ1v) is 10.5. The Morgan fingerprint density at radius 2 is 1.66 bits per heavy atom. The molecule has 1 N–H and O–H groups in total. The maximum Gasteiger partial charge on any atom is 0.270 e. The zero-order valence-corrected chi connectivity index (χ0v) is 18.0. The number of benzene rings is 2. The van der Waals surface area contributed by atoms with Crippen molar-refractivity contribution in [1.82, 2.24) is 14.8 Å². The standard InChI is InChI=1S/C25H31N3O/c1-18-5-10-22-20(15-18)16-23(26-22)24(29)28-13-11-27(12-14-28)17-19-6-8-21(9-7-19)25(2,3)4/h5-10,15-16,26H,11-14,17H2,1-4H3. The molecule has 1 amide bonds. The molecule has 4 rings (SSSR count). The zero-order valence-electron chi connectivity index (χ0n) is 18.0. The van der Waals surface area contributed by atoms with Gasteiger partial charge in [-0.25, -0.2) is 0 Å². The lowest BCUT2D eigenvalue weighted by Crippen LogP contribution is -2.48. The number of nitrogens with zero attached hydrogens (tertiary/aromatic N) is 2. The highest BCUT2D eigenvalue weighted by Crippen LogP contribution is 2.23. The topological polar surface area (TPSA) is 39.3 Å². The molecule has 0 spiro atoms. The number of fused-ring (bicyclic) bond motifs is 1. The number of amides is 1. The molecule has 1 aliphatic rings. The number of hydrogen-bond acceptors (Lipinski definition) is 2. The van der Waals surface area contributed by atoms with E-state index in [9.17, 15) is 4.79 Å². The summed E-state index contributed by atoms with van der Waals surface area (Å²) in [5.74, 6) is 0.105. The molecule has 1 fully saturated rings. The summed E-state index contributed by atoms with van der Waals surface area (Å²) in [7, 11) is 0. The minimum absolute atomic E-state index is 0.105. The van der Waals surface area contributed by atoms with Crippen molar-refractivity contribution in [2.45, 2.75) is 39.7 Å². The number of hydrogen-bond donors (Lipinski definition) is 1. The van der Waals surface area contributed by atoms with Crippen LogP contribution in [0.2, 0.25) is 0 Å². The summed E-state index contributed by atoms with van der Waals surface area (Å²) in [6.45, 7) is 13.1. The predicted molar refractivity (Wildman–Crippen MR) is 119 cm³/mol. The summed E-state index contributed by atoms with van der Waals surface area (Å²) in [6.07, 6.45) is 0. The lowest BCUT2D eigenvalue weighted by Gasteiger charge is -2.34. The van der Waals surface area contributed by atoms with Crippen molar-refractivity contribution in [2.75, 3.05) is 26.2 Å². The quantitative estimate of drug-likeness (QED) is 0.703. The second-order valence-electron chi connectivity index (χ2n) is 9.29. The van der Waals surface area contributed by atoms with Crippen LogP contribution in [-0.2, 0) is 12.0 Å². The van der Waals surface area contributed by atoms with Crippen molar-refractivity contribution in [3.63, 3.8) is 0 Å². The monoisotopic (exact) mass is 389 g/mol. The average Bonchev–Trinajstić information content (AvgIpc) is 3.11. The number of aromatic nitrogens is 1. The van der Waals surface area contributed by atoms with E-state index < -0.39 is 0 Å². The SMILES string of the molecule is Cc1ccc2[nH]c(C(=O)N3CCN(Cc4ccc(C(C)(C)C)cc4)CC3)cc2c1. The molecule has 0 radical (unpaired) electrons. The van der Waals surface area contributed by atoms with Crippen LogP contribution in [0.5, 0.6) is 0 Å². The van der Waals surface area contributed by atoms with Crippen LogP contribution in [0.3, 0.4) is 0 Å². The molecule has 1 aromatic heterocycles. The fourth-order valence-electron chi connectivity index (χ4n) is 4.02. The molecule has 0 saturated carbocycles. The van der Waals surface area contributed by atoms with E-state index in [1.807, 2.05) is 17.0 Å². The molecule has 152 valence electrons. The average molecular weight is 390 g/mol. The number of carbonyl (C=O) groups is 1. The fraction of sp³-hybridized carbons (Fsp3) is 0.400. The fourth-order valence-corrected chi connectivity index (χ4v) is 4.02. The summed E-state index contributed by atoms with van der Waals surface area (Å²) in [5, 5.41) is 1.10. The Morgan fingerprint density at radius 3 is 2.31 bits per heavy atom. The maximum absolute atomic E-state index is 12.9. The molecule has 4 nitrogen and oxygen atoms in total. The van der Waals surface area contributed by atoms with Gasteiger partial charge in [0.1, 0.15) is 5.69 Å². The van der Waals surface area contributed by atoms with E-state index in [-0.39, 0.29) is 11.3 Å². The van der Waals surface area contributed by atoms with Crippen LogP contribution in [0, 0.1) is 6.92 Å². The van der Waals surface area contributed by atoms with Gasteiger partial charge in [0.05, 0.1) is 0 Å². The molecule has 3 aromatic rings. The van der Waals surface area contributed by atoms with Gasteiger partial charge >= 0.3 is 0 Å². The Balaban J connectivity index is 1.35. The maximum atomic E-state index is 12.9. The molecular weight excluding hydrogens is 358 g/mol. The smallest absolute Gasteiger partial charge is 0.270 e. The number of H-pyrrole nitrogens is 1. The van der Waals surface area contributed by atoms with E-state index >= 15 is 0 Å². The number of rotatable bonds is 3. The van der Waals surface area contributed by atoms with Crippen LogP contribution < -0.4 is 0 Å². The van der Waals surface area contributed by atoms with Crippen LogP contribution >= 0.6 is 0 Å². The molecule has 29 heavy (non-hydrogen) atoms. The van der Waals surface area contributed by atoms with Crippen molar-refractivity contribution in [1.29, 1.82) is 0 Å². The van der Waals surface area contributed by atoms with E-state index in [2.05, 4.69) is 74.0 Å². The Kier molecular flexibility index (Phi) is 5.22. The van der Waals surface area contributed by atoms with Crippen LogP contribution in [0.4, 0.5) is 0 Å². The summed E-state index contributed by atoms with van der Waals surface area (Å²) < 4.78 is 0. The summed E-state index contributed by atoms with van der Waals surface area (Å²) in [5.41, 5.74) is 5.81. The van der Waals surface area contributed by atoms with Crippen LogP contribution in [-0.4, -0.2) is 46.9 Å². The number of aromatic amines is 1. The molecule has 2 aromatic carbocycles. The van der Waals surface area contributed by atoms with Gasteiger partial charge in [-0.1, -0.05) is 56.7 Å². The minimum atomic E-state index is 0.105. The number of piperazine rings is 1. The van der Waals surface area contributed by atoms with Crippen molar-refractivity contribution in [3.8, 4) is 0 Å². The van der Waals surface area contributed by atoms with Gasteiger partial charge in [0, 0.05) is 43.6 Å². The highest BCUT2D eigenvalue weighted by Gasteiger charge is 2.23. The highest BCUT2D eigenvalue weighted by atomic mass is 16.2. The predicted octanol–water partition coefficient (Wildman–Crippen LogP) is 4.73. The van der Waals surface area contributed by atoms with Gasteiger partial charge in [0.2, 0.25) is 0 Å². The molecule has 0 bridgehead atoms. The molecule has 4 heteroatoms. The summed E-state index contributed by atoms with van der Waals surface area (Å²) in [4.78, 5) is 20.6. The first-order valence-electron chi connectivity index (χ1n) is 10.5. The second-order valence-corrected chi connectivity index (χ2v) is 9.29. The minimum Gasteiger partial charge on any atom is -0.351 e. The lowest BCUT2D eigenvalue weighted by molar-refractivity contribution is 0.0623. The summed E-state index contributed by atoms with van der Waals surface area (Å²) in [6, 6.07) is 17.2. The van der Waals surface area contributed by atoms with Gasteiger partial charge in [-0.05, 0) is 41.7 Å². The third-order valence-corrected chi connectivity index (χ3v) is 5.89. The normalized spacial score (nSPS) is 15.8. The highest BCUT2D eigenvalue weighted by molar-refractivity contribution is 5.98. The molecule has 0 unspecified atom stereocenters. The number of aryl methyl sites for hydroxylation is 1. The third kappa shape index (κ3) is 4.38. The van der Waals surface area contributed by atoms with E-state index in [1.54, 1.807) is 0 Å². The Morgan fingerprint density at radius 1 is 0.966 bits per heavy atom. The van der Waals surface area contributed by atoms with Gasteiger partial charge < -0.3 is 9.88 Å². The second kappa shape index (κ2) is 7.68. The Bertz CT molecular complexity index is 1000.